The number of hydrogen-bond acceptors (Lipinski definition) is 3. The minimum atomic E-state index is -1.65. The summed E-state index contributed by atoms with van der Waals surface area (Å²) in [5.74, 6) is -6.45. The largest absolute Gasteiger partial charge is 0.380 e. The zero-order valence-corrected chi connectivity index (χ0v) is 13.2. The van der Waals surface area contributed by atoms with Gasteiger partial charge in [-0.25, -0.2) is 17.6 Å². The number of nitrogens with one attached hydrogen (secondary N) is 1. The molecule has 3 nitrogen and oxygen atoms in total. The fourth-order valence-corrected chi connectivity index (χ4v) is 2.11. The van der Waals surface area contributed by atoms with Gasteiger partial charge in [-0.3, -0.25) is 0 Å². The van der Waals surface area contributed by atoms with Gasteiger partial charge in [0.25, 0.3) is 0 Å². The Kier molecular flexibility index (Phi) is 7.77. The molecule has 128 valence electrons. The van der Waals surface area contributed by atoms with Crippen LogP contribution in [0.1, 0.15) is 44.6 Å². The van der Waals surface area contributed by atoms with Gasteiger partial charge in [-0.2, -0.15) is 10.5 Å². The van der Waals surface area contributed by atoms with Gasteiger partial charge in [-0.1, -0.05) is 32.6 Å². The monoisotopic (exact) mass is 339 g/mol. The lowest BCUT2D eigenvalue weighted by atomic mass is 10.1. The molecule has 0 aliphatic rings. The highest BCUT2D eigenvalue weighted by atomic mass is 19.2. The summed E-state index contributed by atoms with van der Waals surface area (Å²) in [7, 11) is 0. The molecule has 1 N–H and O–H groups in total. The number of halogens is 4. The van der Waals surface area contributed by atoms with Gasteiger partial charge < -0.3 is 5.32 Å². The second-order valence-corrected chi connectivity index (χ2v) is 5.17. The highest BCUT2D eigenvalue weighted by molar-refractivity contribution is 5.65. The molecule has 0 saturated carbocycles. The van der Waals surface area contributed by atoms with Crippen LogP contribution in [0.5, 0.6) is 0 Å². The number of rotatable bonds is 8. The highest BCUT2D eigenvalue weighted by Gasteiger charge is 2.24. The molecule has 1 rings (SSSR count). The number of allylic oxidation sites excluding steroid dienone is 1. The number of nitrogens with zero attached hydrogens (tertiary/aromatic N) is 2. The van der Waals surface area contributed by atoms with Crippen LogP contribution in [0.4, 0.5) is 23.2 Å². The predicted octanol–water partition coefficient (Wildman–Crippen LogP) is 5.06. The smallest absolute Gasteiger partial charge is 0.185 e. The average Bonchev–Trinajstić information content (AvgIpc) is 2.59. The lowest BCUT2D eigenvalue weighted by Gasteiger charge is -2.12. The molecule has 24 heavy (non-hydrogen) atoms. The van der Waals surface area contributed by atoms with Crippen LogP contribution >= 0.6 is 0 Å². The van der Waals surface area contributed by atoms with Gasteiger partial charge >= 0.3 is 0 Å². The fraction of sp³-hybridized carbons (Fsp3) is 0.412. The summed E-state index contributed by atoms with van der Waals surface area (Å²) in [6.45, 7) is 2.22. The van der Waals surface area contributed by atoms with Crippen LogP contribution < -0.4 is 5.32 Å². The Labute approximate surface area is 138 Å². The van der Waals surface area contributed by atoms with Crippen molar-refractivity contribution in [2.75, 3.05) is 11.9 Å². The van der Waals surface area contributed by atoms with Crippen molar-refractivity contribution in [1.29, 1.82) is 10.5 Å². The van der Waals surface area contributed by atoms with Gasteiger partial charge in [0, 0.05) is 6.54 Å². The van der Waals surface area contributed by atoms with E-state index in [1.54, 1.807) is 0 Å². The van der Waals surface area contributed by atoms with Gasteiger partial charge in [0.1, 0.15) is 23.4 Å². The Bertz CT molecular complexity index is 654. The molecule has 0 aliphatic heterocycles. The third-order valence-corrected chi connectivity index (χ3v) is 3.41. The minimum absolute atomic E-state index is 0.174. The van der Waals surface area contributed by atoms with E-state index in [4.69, 9.17) is 10.5 Å². The molecule has 7 heteroatoms. The molecule has 0 fully saturated rings. The summed E-state index contributed by atoms with van der Waals surface area (Å²) in [5.41, 5.74) is -2.63. The van der Waals surface area contributed by atoms with Crippen LogP contribution in [-0.4, -0.2) is 6.54 Å². The lowest BCUT2D eigenvalue weighted by Crippen LogP contribution is -2.10. The highest BCUT2D eigenvalue weighted by Crippen LogP contribution is 2.29. The Hall–Kier alpha value is -2.54. The molecule has 1 aromatic carbocycles. The van der Waals surface area contributed by atoms with Crippen LogP contribution in [0, 0.1) is 45.9 Å². The normalized spacial score (nSPS) is 9.96. The first kappa shape index (κ1) is 19.5. The van der Waals surface area contributed by atoms with Crippen molar-refractivity contribution in [3.8, 4) is 12.1 Å². The zero-order chi connectivity index (χ0) is 18.1. The van der Waals surface area contributed by atoms with Gasteiger partial charge in [0.2, 0.25) is 0 Å². The Balaban J connectivity index is 3.00. The molecule has 0 bridgehead atoms. The fourth-order valence-electron chi connectivity index (χ4n) is 2.11. The van der Waals surface area contributed by atoms with Gasteiger partial charge in [0.05, 0.1) is 5.56 Å². The SMILES string of the molecule is CCCCCCCNc1c(F)c(F)c(C=C(C#N)C#N)c(F)c1F. The van der Waals surface area contributed by atoms with E-state index in [1.165, 1.54) is 12.1 Å². The average molecular weight is 339 g/mol. The number of anilines is 1. The molecule has 0 aliphatic carbocycles. The maximum Gasteiger partial charge on any atom is 0.185 e. The van der Waals surface area contributed by atoms with Crippen LogP contribution in [0.3, 0.4) is 0 Å². The van der Waals surface area contributed by atoms with Crippen molar-refractivity contribution in [1.82, 2.24) is 0 Å². The van der Waals surface area contributed by atoms with E-state index in [-0.39, 0.29) is 6.54 Å². The molecule has 0 amide bonds. The summed E-state index contributed by atoms with van der Waals surface area (Å²) in [4.78, 5) is 0. The van der Waals surface area contributed by atoms with Crippen molar-refractivity contribution >= 4 is 11.8 Å². The third kappa shape index (κ3) is 4.73. The van der Waals surface area contributed by atoms with Crippen LogP contribution in [0.15, 0.2) is 5.57 Å². The molecule has 0 spiro atoms. The Morgan fingerprint density at radius 3 is 1.96 bits per heavy atom. The Morgan fingerprint density at radius 2 is 1.46 bits per heavy atom. The molecular weight excluding hydrogens is 322 g/mol. The molecular formula is C17H17F4N3. The van der Waals surface area contributed by atoms with Gasteiger partial charge in [0.15, 0.2) is 23.3 Å². The second kappa shape index (κ2) is 9.57. The second-order valence-electron chi connectivity index (χ2n) is 5.17. The lowest BCUT2D eigenvalue weighted by molar-refractivity contribution is 0.455. The van der Waals surface area contributed by atoms with E-state index in [0.29, 0.717) is 12.5 Å². The predicted molar refractivity (Wildman–Crippen MR) is 82.7 cm³/mol. The summed E-state index contributed by atoms with van der Waals surface area (Å²) in [6, 6.07) is 2.75. The molecule has 0 saturated heterocycles. The topological polar surface area (TPSA) is 59.6 Å². The zero-order valence-electron chi connectivity index (χ0n) is 13.2. The van der Waals surface area contributed by atoms with Crippen molar-refractivity contribution < 1.29 is 17.6 Å². The summed E-state index contributed by atoms with van der Waals surface area (Å²) >= 11 is 0. The van der Waals surface area contributed by atoms with E-state index in [1.807, 2.05) is 0 Å². The van der Waals surface area contributed by atoms with Crippen molar-refractivity contribution in [3.63, 3.8) is 0 Å². The molecule has 0 heterocycles. The number of benzene rings is 1. The standard InChI is InChI=1S/C17H17F4N3/c1-2-3-4-5-6-7-24-17-15(20)13(18)12(14(19)16(17)21)8-11(9-22)10-23/h8,24H,2-7H2,1H3. The van der Waals surface area contributed by atoms with Crippen LogP contribution in [-0.2, 0) is 0 Å². The van der Waals surface area contributed by atoms with E-state index in [0.717, 1.165) is 25.7 Å². The first-order valence-electron chi connectivity index (χ1n) is 7.59. The molecule has 0 aromatic heterocycles. The van der Waals surface area contributed by atoms with Crippen molar-refractivity contribution in [2.45, 2.75) is 39.0 Å². The van der Waals surface area contributed by atoms with Crippen LogP contribution in [0.2, 0.25) is 0 Å². The maximum atomic E-state index is 14.0. The molecule has 1 aromatic rings. The van der Waals surface area contributed by atoms with Crippen LogP contribution in [0.25, 0.3) is 6.08 Å². The van der Waals surface area contributed by atoms with E-state index >= 15 is 0 Å². The third-order valence-electron chi connectivity index (χ3n) is 3.41. The number of nitriles is 2. The van der Waals surface area contributed by atoms with E-state index < -0.39 is 40.1 Å². The molecule has 0 atom stereocenters. The first-order valence-corrected chi connectivity index (χ1v) is 7.59. The number of unbranched alkanes of at least 4 members (excludes halogenated alkanes) is 4. The maximum absolute atomic E-state index is 14.0. The minimum Gasteiger partial charge on any atom is -0.380 e. The first-order chi connectivity index (χ1) is 11.5. The summed E-state index contributed by atoms with van der Waals surface area (Å²) < 4.78 is 55.8. The van der Waals surface area contributed by atoms with Gasteiger partial charge in [-0.15, -0.1) is 0 Å². The van der Waals surface area contributed by atoms with Crippen molar-refractivity contribution in [2.24, 2.45) is 0 Å². The quantitative estimate of drug-likeness (QED) is 0.312. The van der Waals surface area contributed by atoms with E-state index in [2.05, 4.69) is 12.2 Å². The van der Waals surface area contributed by atoms with Crippen molar-refractivity contribution in [3.05, 3.63) is 34.4 Å². The van der Waals surface area contributed by atoms with E-state index in [9.17, 15) is 17.6 Å². The summed E-state index contributed by atoms with van der Waals surface area (Å²) in [6.07, 6.45) is 5.00. The van der Waals surface area contributed by atoms with Gasteiger partial charge in [-0.05, 0) is 12.5 Å². The molecule has 0 radical (unpaired) electrons. The Morgan fingerprint density at radius 1 is 0.917 bits per heavy atom. The molecule has 0 unspecified atom stereocenters. The summed E-state index contributed by atoms with van der Waals surface area (Å²) in [5, 5.41) is 19.5. The number of hydrogen-bond donors (Lipinski definition) is 1.